The van der Waals surface area contributed by atoms with Crippen LogP contribution in [-0.4, -0.2) is 17.3 Å². The van der Waals surface area contributed by atoms with Crippen LogP contribution in [0.4, 0.5) is 23.7 Å². The van der Waals surface area contributed by atoms with Gasteiger partial charge >= 0.3 is 12.2 Å². The quantitative estimate of drug-likeness (QED) is 0.780. The van der Waals surface area contributed by atoms with Crippen molar-refractivity contribution in [2.24, 2.45) is 0 Å². The predicted octanol–water partition coefficient (Wildman–Crippen LogP) is 3.61. The minimum atomic E-state index is -4.35. The second-order valence-electron chi connectivity index (χ2n) is 5.18. The first-order chi connectivity index (χ1) is 11.4. The van der Waals surface area contributed by atoms with E-state index in [9.17, 15) is 23.1 Å². The van der Waals surface area contributed by atoms with Crippen molar-refractivity contribution in [2.45, 2.75) is 25.7 Å². The van der Waals surface area contributed by atoms with Crippen LogP contribution >= 0.6 is 0 Å². The van der Waals surface area contributed by atoms with Crippen molar-refractivity contribution in [1.29, 1.82) is 0 Å². The number of amides is 2. The van der Waals surface area contributed by atoms with Gasteiger partial charge in [0.05, 0.1) is 13.0 Å². The highest BCUT2D eigenvalue weighted by Gasteiger charge is 2.28. The summed E-state index contributed by atoms with van der Waals surface area (Å²) in [4.78, 5) is 11.9. The molecule has 0 fully saturated rings. The summed E-state index contributed by atoms with van der Waals surface area (Å²) in [7, 11) is 0. The first-order valence-corrected chi connectivity index (χ1v) is 7.26. The fourth-order valence-electron chi connectivity index (χ4n) is 2.24. The van der Waals surface area contributed by atoms with E-state index in [4.69, 9.17) is 0 Å². The van der Waals surface area contributed by atoms with Crippen LogP contribution in [0.2, 0.25) is 0 Å². The zero-order chi connectivity index (χ0) is 17.6. The summed E-state index contributed by atoms with van der Waals surface area (Å²) in [5.74, 6) is 0. The molecule has 24 heavy (non-hydrogen) atoms. The molecule has 128 valence electrons. The number of nitrogens with one attached hydrogen (secondary N) is 2. The summed E-state index contributed by atoms with van der Waals surface area (Å²) in [6.07, 6.45) is -5.47. The van der Waals surface area contributed by atoms with Gasteiger partial charge in [0.15, 0.2) is 0 Å². The predicted molar refractivity (Wildman–Crippen MR) is 84.4 cm³/mol. The van der Waals surface area contributed by atoms with Gasteiger partial charge in [-0.2, -0.15) is 13.2 Å². The Kier molecular flexibility index (Phi) is 5.81. The smallest absolute Gasteiger partial charge is 0.392 e. The number of alkyl halides is 3. The molecule has 0 radical (unpaired) electrons. The van der Waals surface area contributed by atoms with Crippen molar-refractivity contribution in [1.82, 2.24) is 5.32 Å². The summed E-state index contributed by atoms with van der Waals surface area (Å²) in [5, 5.41) is 14.2. The van der Waals surface area contributed by atoms with E-state index in [1.165, 1.54) is 18.2 Å². The lowest BCUT2D eigenvalue weighted by molar-refractivity contribution is -0.127. The maximum atomic E-state index is 12.6. The van der Waals surface area contributed by atoms with Crippen LogP contribution in [0.3, 0.4) is 0 Å². The standard InChI is InChI=1S/C17H17F3N2O2/c18-17(19,20)9-12-5-3-4-8-15(12)22-16(24)21-10-13-6-1-2-7-14(13)11-23/h1-8,23H,9-11H2,(H2,21,22,24). The van der Waals surface area contributed by atoms with E-state index in [0.717, 1.165) is 5.56 Å². The van der Waals surface area contributed by atoms with Crippen molar-refractivity contribution >= 4 is 11.7 Å². The van der Waals surface area contributed by atoms with Gasteiger partial charge in [-0.05, 0) is 22.8 Å². The maximum absolute atomic E-state index is 12.6. The van der Waals surface area contributed by atoms with Crippen molar-refractivity contribution < 1.29 is 23.1 Å². The molecule has 0 aliphatic rings. The van der Waals surface area contributed by atoms with Crippen LogP contribution < -0.4 is 10.6 Å². The average Bonchev–Trinajstić information content (AvgIpc) is 2.53. The van der Waals surface area contributed by atoms with E-state index in [1.54, 1.807) is 30.3 Å². The summed E-state index contributed by atoms with van der Waals surface area (Å²) in [6.45, 7) is -0.00209. The number of para-hydroxylation sites is 1. The Morgan fingerprint density at radius 2 is 1.54 bits per heavy atom. The Bertz CT molecular complexity index is 702. The molecule has 2 rings (SSSR count). The van der Waals surface area contributed by atoms with E-state index in [1.807, 2.05) is 0 Å². The SMILES string of the molecule is O=C(NCc1ccccc1CO)Nc1ccccc1CC(F)(F)F. The molecule has 0 saturated heterocycles. The van der Waals surface area contributed by atoms with Crippen LogP contribution in [0.5, 0.6) is 0 Å². The highest BCUT2D eigenvalue weighted by Crippen LogP contribution is 2.25. The molecule has 0 heterocycles. The van der Waals surface area contributed by atoms with Crippen LogP contribution in [0.15, 0.2) is 48.5 Å². The van der Waals surface area contributed by atoms with Gasteiger partial charge in [-0.25, -0.2) is 4.79 Å². The highest BCUT2D eigenvalue weighted by atomic mass is 19.4. The van der Waals surface area contributed by atoms with Gasteiger partial charge in [-0.1, -0.05) is 42.5 Å². The van der Waals surface area contributed by atoms with Gasteiger partial charge in [0.1, 0.15) is 0 Å². The molecule has 0 spiro atoms. The van der Waals surface area contributed by atoms with Gasteiger partial charge in [-0.3, -0.25) is 0 Å². The van der Waals surface area contributed by atoms with Crippen LogP contribution in [-0.2, 0) is 19.6 Å². The Labute approximate surface area is 137 Å². The average molecular weight is 338 g/mol. The van der Waals surface area contributed by atoms with E-state index in [2.05, 4.69) is 10.6 Å². The summed E-state index contributed by atoms with van der Waals surface area (Å²) in [6, 6.07) is 12.2. The topological polar surface area (TPSA) is 61.4 Å². The van der Waals surface area contributed by atoms with Crippen molar-refractivity contribution in [2.75, 3.05) is 5.32 Å². The summed E-state index contributed by atoms with van der Waals surface area (Å²) < 4.78 is 37.7. The minimum Gasteiger partial charge on any atom is -0.392 e. The van der Waals surface area contributed by atoms with Crippen LogP contribution in [0, 0.1) is 0 Å². The third-order valence-corrected chi connectivity index (χ3v) is 3.38. The lowest BCUT2D eigenvalue weighted by atomic mass is 10.1. The number of aliphatic hydroxyl groups is 1. The second-order valence-corrected chi connectivity index (χ2v) is 5.18. The number of aliphatic hydroxyl groups excluding tert-OH is 1. The Hall–Kier alpha value is -2.54. The number of hydrogen-bond acceptors (Lipinski definition) is 2. The molecule has 2 aromatic carbocycles. The number of carbonyl (C=O) groups is 1. The van der Waals surface area contributed by atoms with Gasteiger partial charge < -0.3 is 15.7 Å². The number of rotatable bonds is 5. The van der Waals surface area contributed by atoms with Gasteiger partial charge in [0.25, 0.3) is 0 Å². The van der Waals surface area contributed by atoms with Crippen LogP contribution in [0.1, 0.15) is 16.7 Å². The van der Waals surface area contributed by atoms with E-state index in [-0.39, 0.29) is 24.4 Å². The molecule has 2 amide bonds. The molecule has 0 bridgehead atoms. The molecule has 3 N–H and O–H groups in total. The Balaban J connectivity index is 2.00. The molecule has 7 heteroatoms. The molecule has 2 aromatic rings. The maximum Gasteiger partial charge on any atom is 0.393 e. The zero-order valence-electron chi connectivity index (χ0n) is 12.7. The fraction of sp³-hybridized carbons (Fsp3) is 0.235. The largest absolute Gasteiger partial charge is 0.393 e. The molecule has 0 saturated carbocycles. The van der Waals surface area contributed by atoms with Crippen molar-refractivity contribution in [3.63, 3.8) is 0 Å². The molecule has 0 aliphatic carbocycles. The van der Waals surface area contributed by atoms with Crippen molar-refractivity contribution in [3.05, 3.63) is 65.2 Å². The Morgan fingerprint density at radius 1 is 0.958 bits per heavy atom. The molecular weight excluding hydrogens is 321 g/mol. The molecular formula is C17H17F3N2O2. The summed E-state index contributed by atoms with van der Waals surface area (Å²) >= 11 is 0. The molecule has 4 nitrogen and oxygen atoms in total. The normalized spacial score (nSPS) is 11.2. The number of anilines is 1. The number of hydrogen-bond donors (Lipinski definition) is 3. The third-order valence-electron chi connectivity index (χ3n) is 3.38. The van der Waals surface area contributed by atoms with Gasteiger partial charge in [0.2, 0.25) is 0 Å². The fourth-order valence-corrected chi connectivity index (χ4v) is 2.24. The van der Waals surface area contributed by atoms with Gasteiger partial charge in [-0.15, -0.1) is 0 Å². The van der Waals surface area contributed by atoms with E-state index >= 15 is 0 Å². The molecule has 0 aromatic heterocycles. The third kappa shape index (κ3) is 5.27. The molecule has 0 unspecified atom stereocenters. The first kappa shape index (κ1) is 17.8. The van der Waals surface area contributed by atoms with E-state index < -0.39 is 18.6 Å². The van der Waals surface area contributed by atoms with E-state index in [0.29, 0.717) is 5.56 Å². The monoisotopic (exact) mass is 338 g/mol. The molecule has 0 aliphatic heterocycles. The summed E-state index contributed by atoms with van der Waals surface area (Å²) in [5.41, 5.74) is 1.52. The number of urea groups is 1. The second kappa shape index (κ2) is 7.83. The van der Waals surface area contributed by atoms with Gasteiger partial charge in [0, 0.05) is 12.2 Å². The minimum absolute atomic E-state index is 0.00379. The van der Waals surface area contributed by atoms with Crippen molar-refractivity contribution in [3.8, 4) is 0 Å². The first-order valence-electron chi connectivity index (χ1n) is 7.26. The number of benzene rings is 2. The number of halogens is 3. The molecule has 0 atom stereocenters. The lowest BCUT2D eigenvalue weighted by Crippen LogP contribution is -2.29. The zero-order valence-corrected chi connectivity index (χ0v) is 12.7. The van der Waals surface area contributed by atoms with Crippen LogP contribution in [0.25, 0.3) is 0 Å². The lowest BCUT2D eigenvalue weighted by Gasteiger charge is -2.14. The Morgan fingerprint density at radius 3 is 2.17 bits per heavy atom. The number of carbonyl (C=O) groups excluding carboxylic acids is 1. The highest BCUT2D eigenvalue weighted by molar-refractivity contribution is 5.90.